The van der Waals surface area contributed by atoms with Gasteiger partial charge in [-0.15, -0.1) is 0 Å². The van der Waals surface area contributed by atoms with Gasteiger partial charge in [0.2, 0.25) is 5.91 Å². The number of hydrogen-bond acceptors (Lipinski definition) is 4. The average molecular weight is 336 g/mol. The van der Waals surface area contributed by atoms with Crippen LogP contribution in [0.25, 0.3) is 10.8 Å². The highest BCUT2D eigenvalue weighted by Gasteiger charge is 2.14. The van der Waals surface area contributed by atoms with Crippen molar-refractivity contribution >= 4 is 32.5 Å². The van der Waals surface area contributed by atoms with Crippen molar-refractivity contribution in [1.82, 2.24) is 5.32 Å². The molecule has 124 valence electrons. The fourth-order valence-corrected chi connectivity index (χ4v) is 3.08. The molecule has 0 bridgehead atoms. The molecular weight excluding hydrogens is 316 g/mol. The molecule has 0 unspecified atom stereocenters. The minimum absolute atomic E-state index is 0.0147. The first-order valence-electron chi connectivity index (χ1n) is 7.43. The van der Waals surface area contributed by atoms with E-state index in [9.17, 15) is 17.8 Å². The first-order valence-corrected chi connectivity index (χ1v) is 8.87. The minimum atomic E-state index is -4.27. The Morgan fingerprint density at radius 3 is 2.48 bits per heavy atom. The van der Waals surface area contributed by atoms with Crippen LogP contribution in [-0.2, 0) is 14.9 Å². The van der Waals surface area contributed by atoms with Crippen LogP contribution >= 0.6 is 0 Å². The molecule has 0 aliphatic heterocycles. The highest BCUT2D eigenvalue weighted by atomic mass is 32.2. The Balaban J connectivity index is 2.15. The molecule has 2 rings (SSSR count). The summed E-state index contributed by atoms with van der Waals surface area (Å²) in [5.41, 5.74) is 0.748. The molecule has 23 heavy (non-hydrogen) atoms. The van der Waals surface area contributed by atoms with Crippen molar-refractivity contribution in [1.29, 1.82) is 0 Å². The molecule has 3 N–H and O–H groups in total. The zero-order valence-corrected chi connectivity index (χ0v) is 13.7. The first kappa shape index (κ1) is 17.2. The number of carbonyl (C=O) groups excluding carboxylic acids is 1. The Morgan fingerprint density at radius 1 is 1.09 bits per heavy atom. The van der Waals surface area contributed by atoms with Gasteiger partial charge < -0.3 is 10.6 Å². The van der Waals surface area contributed by atoms with Crippen LogP contribution in [0.2, 0.25) is 0 Å². The van der Waals surface area contributed by atoms with Crippen LogP contribution in [0.5, 0.6) is 0 Å². The molecule has 0 aliphatic carbocycles. The van der Waals surface area contributed by atoms with Gasteiger partial charge in [0, 0.05) is 36.0 Å². The SMILES string of the molecule is CCCC(=O)NCCNc1cccc2c(S(=O)(=O)O)cccc12. The summed E-state index contributed by atoms with van der Waals surface area (Å²) >= 11 is 0. The standard InChI is InChI=1S/C16H20N2O4S/c1-2-5-16(19)18-11-10-17-14-8-3-7-13-12(14)6-4-9-15(13)23(20,21)22/h3-4,6-9,17H,2,5,10-11H2,1H3,(H,18,19)(H,20,21,22). The molecule has 7 heteroatoms. The van der Waals surface area contributed by atoms with E-state index in [1.165, 1.54) is 6.07 Å². The highest BCUT2D eigenvalue weighted by Crippen LogP contribution is 2.28. The highest BCUT2D eigenvalue weighted by molar-refractivity contribution is 7.86. The van der Waals surface area contributed by atoms with E-state index in [4.69, 9.17) is 0 Å². The Hall–Kier alpha value is -2.12. The van der Waals surface area contributed by atoms with Crippen LogP contribution < -0.4 is 10.6 Å². The van der Waals surface area contributed by atoms with Gasteiger partial charge in [0.15, 0.2) is 0 Å². The largest absolute Gasteiger partial charge is 0.383 e. The van der Waals surface area contributed by atoms with Crippen molar-refractivity contribution in [3.63, 3.8) is 0 Å². The first-order chi connectivity index (χ1) is 10.9. The van der Waals surface area contributed by atoms with E-state index in [-0.39, 0.29) is 10.8 Å². The fourth-order valence-electron chi connectivity index (χ4n) is 2.37. The maximum atomic E-state index is 11.4. The van der Waals surface area contributed by atoms with Crippen molar-refractivity contribution in [3.8, 4) is 0 Å². The average Bonchev–Trinajstić information content (AvgIpc) is 2.50. The zero-order valence-electron chi connectivity index (χ0n) is 12.9. The number of nitrogens with one attached hydrogen (secondary N) is 2. The summed E-state index contributed by atoms with van der Waals surface area (Å²) < 4.78 is 32.2. The van der Waals surface area contributed by atoms with Crippen molar-refractivity contribution in [3.05, 3.63) is 36.4 Å². The molecular formula is C16H20N2O4S. The van der Waals surface area contributed by atoms with Crippen molar-refractivity contribution < 1.29 is 17.8 Å². The molecule has 0 spiro atoms. The number of hydrogen-bond donors (Lipinski definition) is 3. The second-order valence-electron chi connectivity index (χ2n) is 5.16. The summed E-state index contributed by atoms with van der Waals surface area (Å²) in [6, 6.07) is 9.92. The van der Waals surface area contributed by atoms with Gasteiger partial charge in [-0.05, 0) is 18.6 Å². The van der Waals surface area contributed by atoms with E-state index in [2.05, 4.69) is 10.6 Å². The minimum Gasteiger partial charge on any atom is -0.383 e. The molecule has 0 fully saturated rings. The number of carbonyl (C=O) groups is 1. The van der Waals surface area contributed by atoms with Gasteiger partial charge >= 0.3 is 0 Å². The molecule has 0 saturated carbocycles. The van der Waals surface area contributed by atoms with Gasteiger partial charge in [-0.25, -0.2) is 0 Å². The van der Waals surface area contributed by atoms with Gasteiger partial charge in [0.25, 0.3) is 10.1 Å². The predicted molar refractivity (Wildman–Crippen MR) is 90.2 cm³/mol. The lowest BCUT2D eigenvalue weighted by atomic mass is 10.1. The molecule has 0 aliphatic rings. The second-order valence-corrected chi connectivity index (χ2v) is 6.55. The predicted octanol–water partition coefficient (Wildman–Crippen LogP) is 2.41. The zero-order chi connectivity index (χ0) is 16.9. The third-order valence-electron chi connectivity index (χ3n) is 3.40. The fraction of sp³-hybridized carbons (Fsp3) is 0.312. The smallest absolute Gasteiger partial charge is 0.295 e. The molecule has 0 aromatic heterocycles. The van der Waals surface area contributed by atoms with Crippen LogP contribution in [0, 0.1) is 0 Å². The van der Waals surface area contributed by atoms with Crippen molar-refractivity contribution in [2.45, 2.75) is 24.7 Å². The van der Waals surface area contributed by atoms with E-state index in [1.54, 1.807) is 24.3 Å². The van der Waals surface area contributed by atoms with Crippen LogP contribution in [0.1, 0.15) is 19.8 Å². The Kier molecular flexibility index (Phi) is 5.57. The lowest BCUT2D eigenvalue weighted by Gasteiger charge is -2.12. The van der Waals surface area contributed by atoms with Gasteiger partial charge in [-0.2, -0.15) is 8.42 Å². The van der Waals surface area contributed by atoms with E-state index in [1.807, 2.05) is 13.0 Å². The quantitative estimate of drug-likeness (QED) is 0.533. The third kappa shape index (κ3) is 4.43. The number of anilines is 1. The number of fused-ring (bicyclic) bond motifs is 1. The number of benzene rings is 2. The third-order valence-corrected chi connectivity index (χ3v) is 4.31. The van der Waals surface area contributed by atoms with Gasteiger partial charge in [-0.1, -0.05) is 31.2 Å². The maximum absolute atomic E-state index is 11.4. The van der Waals surface area contributed by atoms with Crippen LogP contribution in [0.3, 0.4) is 0 Å². The number of amides is 1. The monoisotopic (exact) mass is 336 g/mol. The summed E-state index contributed by atoms with van der Waals surface area (Å²) in [6.45, 7) is 2.94. The maximum Gasteiger partial charge on any atom is 0.295 e. The Morgan fingerprint density at radius 2 is 1.78 bits per heavy atom. The number of rotatable bonds is 7. The molecule has 0 radical (unpaired) electrons. The summed E-state index contributed by atoms with van der Waals surface area (Å²) in [5.74, 6) is 0.0147. The van der Waals surface area contributed by atoms with E-state index < -0.39 is 10.1 Å². The summed E-state index contributed by atoms with van der Waals surface area (Å²) in [4.78, 5) is 11.3. The summed E-state index contributed by atoms with van der Waals surface area (Å²) in [5, 5.41) is 7.12. The van der Waals surface area contributed by atoms with Crippen molar-refractivity contribution in [2.75, 3.05) is 18.4 Å². The van der Waals surface area contributed by atoms with Crippen molar-refractivity contribution in [2.24, 2.45) is 0 Å². The summed E-state index contributed by atoms with van der Waals surface area (Å²) in [6.07, 6.45) is 1.31. The molecule has 0 heterocycles. The van der Waals surface area contributed by atoms with Gasteiger partial charge in [0.05, 0.1) is 0 Å². The van der Waals surface area contributed by atoms with Crippen LogP contribution in [-0.4, -0.2) is 32.0 Å². The van der Waals surface area contributed by atoms with Gasteiger partial charge in [0.1, 0.15) is 4.90 Å². The molecule has 6 nitrogen and oxygen atoms in total. The summed E-state index contributed by atoms with van der Waals surface area (Å²) in [7, 11) is -4.27. The van der Waals surface area contributed by atoms with E-state index in [0.29, 0.717) is 30.3 Å². The topological polar surface area (TPSA) is 95.5 Å². The Bertz CT molecular complexity index is 803. The lowest BCUT2D eigenvalue weighted by Crippen LogP contribution is -2.28. The van der Waals surface area contributed by atoms with E-state index in [0.717, 1.165) is 12.1 Å². The molecule has 2 aromatic carbocycles. The molecule has 0 atom stereocenters. The van der Waals surface area contributed by atoms with Crippen LogP contribution in [0.4, 0.5) is 5.69 Å². The lowest BCUT2D eigenvalue weighted by molar-refractivity contribution is -0.121. The van der Waals surface area contributed by atoms with E-state index >= 15 is 0 Å². The van der Waals surface area contributed by atoms with Crippen LogP contribution in [0.15, 0.2) is 41.3 Å². The van der Waals surface area contributed by atoms with Gasteiger partial charge in [-0.3, -0.25) is 9.35 Å². The molecule has 0 saturated heterocycles. The second kappa shape index (κ2) is 7.43. The molecule has 1 amide bonds. The Labute approximate surface area is 135 Å². The molecule has 2 aromatic rings. The normalized spacial score (nSPS) is 11.4.